The summed E-state index contributed by atoms with van der Waals surface area (Å²) in [6.45, 7) is 0. The average molecular weight is 365 g/mol. The van der Waals surface area contributed by atoms with Gasteiger partial charge in [0.1, 0.15) is 5.82 Å². The van der Waals surface area contributed by atoms with E-state index in [-0.39, 0.29) is 5.82 Å². The van der Waals surface area contributed by atoms with Crippen molar-refractivity contribution in [3.05, 3.63) is 82.3 Å². The SMILES string of the molecule is Cn1cc(/C=N\n2c(Cc3ccc(F)cc3)n[nH]c2=S)c2ccccc21. The van der Waals surface area contributed by atoms with Crippen molar-refractivity contribution in [1.82, 2.24) is 19.4 Å². The fourth-order valence-electron chi connectivity index (χ4n) is 2.94. The van der Waals surface area contributed by atoms with Gasteiger partial charge in [-0.1, -0.05) is 30.3 Å². The Hall–Kier alpha value is -3.06. The van der Waals surface area contributed by atoms with Crippen LogP contribution in [0.5, 0.6) is 0 Å². The highest BCUT2D eigenvalue weighted by Crippen LogP contribution is 2.19. The molecular weight excluding hydrogens is 349 g/mol. The van der Waals surface area contributed by atoms with Gasteiger partial charge in [0.2, 0.25) is 4.77 Å². The Balaban J connectivity index is 1.68. The Kier molecular flexibility index (Phi) is 4.22. The van der Waals surface area contributed by atoms with Crippen LogP contribution in [0.1, 0.15) is 17.0 Å². The van der Waals surface area contributed by atoms with E-state index < -0.39 is 0 Å². The fourth-order valence-corrected chi connectivity index (χ4v) is 3.14. The third-order valence-electron chi connectivity index (χ3n) is 4.23. The fraction of sp³-hybridized carbons (Fsp3) is 0.105. The van der Waals surface area contributed by atoms with Crippen molar-refractivity contribution in [3.63, 3.8) is 0 Å². The molecule has 1 N–H and O–H groups in total. The number of nitrogens with zero attached hydrogens (tertiary/aromatic N) is 4. The molecule has 4 aromatic rings. The predicted molar refractivity (Wildman–Crippen MR) is 103 cm³/mol. The predicted octanol–water partition coefficient (Wildman–Crippen LogP) is 4.04. The van der Waals surface area contributed by atoms with E-state index >= 15 is 0 Å². The van der Waals surface area contributed by atoms with Gasteiger partial charge in [0, 0.05) is 36.1 Å². The third-order valence-corrected chi connectivity index (χ3v) is 4.50. The normalized spacial score (nSPS) is 11.6. The second-order valence-corrected chi connectivity index (χ2v) is 6.40. The molecule has 0 aliphatic heterocycles. The summed E-state index contributed by atoms with van der Waals surface area (Å²) in [4.78, 5) is 0. The van der Waals surface area contributed by atoms with Crippen molar-refractivity contribution < 1.29 is 4.39 Å². The van der Waals surface area contributed by atoms with Gasteiger partial charge >= 0.3 is 0 Å². The highest BCUT2D eigenvalue weighted by Gasteiger charge is 2.08. The van der Waals surface area contributed by atoms with E-state index in [2.05, 4.69) is 32.0 Å². The Morgan fingerprint density at radius 3 is 2.77 bits per heavy atom. The zero-order chi connectivity index (χ0) is 18.1. The Bertz CT molecular complexity index is 1150. The van der Waals surface area contributed by atoms with Crippen molar-refractivity contribution in [1.29, 1.82) is 0 Å². The Morgan fingerprint density at radius 1 is 1.19 bits per heavy atom. The van der Waals surface area contributed by atoms with Crippen LogP contribution < -0.4 is 0 Å². The molecule has 7 heteroatoms. The number of fused-ring (bicyclic) bond motifs is 1. The molecule has 0 fully saturated rings. The molecule has 26 heavy (non-hydrogen) atoms. The van der Waals surface area contributed by atoms with Gasteiger partial charge in [-0.05, 0) is 36.0 Å². The van der Waals surface area contributed by atoms with Crippen LogP contribution in [-0.4, -0.2) is 25.7 Å². The zero-order valence-corrected chi connectivity index (χ0v) is 14.9. The summed E-state index contributed by atoms with van der Waals surface area (Å²) in [6, 6.07) is 14.5. The summed E-state index contributed by atoms with van der Waals surface area (Å²) in [6.07, 6.45) is 4.31. The third kappa shape index (κ3) is 3.09. The smallest absolute Gasteiger partial charge is 0.216 e. The first kappa shape index (κ1) is 16.4. The summed E-state index contributed by atoms with van der Waals surface area (Å²) in [7, 11) is 2.00. The first-order chi connectivity index (χ1) is 12.6. The van der Waals surface area contributed by atoms with Crippen LogP contribution in [0.2, 0.25) is 0 Å². The van der Waals surface area contributed by atoms with Crippen LogP contribution in [0.3, 0.4) is 0 Å². The minimum atomic E-state index is -0.262. The number of H-pyrrole nitrogens is 1. The molecule has 0 spiro atoms. The minimum absolute atomic E-state index is 0.262. The van der Waals surface area contributed by atoms with E-state index in [4.69, 9.17) is 12.2 Å². The first-order valence-corrected chi connectivity index (χ1v) is 8.52. The van der Waals surface area contributed by atoms with Crippen LogP contribution in [-0.2, 0) is 13.5 Å². The maximum absolute atomic E-state index is 13.1. The number of nitrogens with one attached hydrogen (secondary N) is 1. The number of para-hydroxylation sites is 1. The molecule has 0 saturated heterocycles. The molecule has 0 atom stereocenters. The Labute approximate surface area is 154 Å². The van der Waals surface area contributed by atoms with Gasteiger partial charge < -0.3 is 4.57 Å². The molecule has 4 rings (SSSR count). The van der Waals surface area contributed by atoms with Crippen LogP contribution in [0.15, 0.2) is 59.8 Å². The van der Waals surface area contributed by atoms with E-state index in [9.17, 15) is 4.39 Å². The summed E-state index contributed by atoms with van der Waals surface area (Å²) in [5.74, 6) is 0.402. The van der Waals surface area contributed by atoms with Gasteiger partial charge in [-0.25, -0.2) is 4.39 Å². The van der Waals surface area contributed by atoms with Crippen molar-refractivity contribution in [3.8, 4) is 0 Å². The first-order valence-electron chi connectivity index (χ1n) is 8.11. The van der Waals surface area contributed by atoms with E-state index in [1.807, 2.05) is 25.4 Å². The lowest BCUT2D eigenvalue weighted by Crippen LogP contribution is -2.00. The van der Waals surface area contributed by atoms with Crippen LogP contribution in [0, 0.1) is 10.6 Å². The maximum Gasteiger partial charge on any atom is 0.216 e. The van der Waals surface area contributed by atoms with E-state index in [0.717, 1.165) is 22.0 Å². The van der Waals surface area contributed by atoms with E-state index in [0.29, 0.717) is 17.0 Å². The van der Waals surface area contributed by atoms with Crippen LogP contribution >= 0.6 is 12.2 Å². The molecule has 0 aliphatic rings. The van der Waals surface area contributed by atoms with Gasteiger partial charge in [-0.3, -0.25) is 5.10 Å². The molecule has 5 nitrogen and oxygen atoms in total. The van der Waals surface area contributed by atoms with Crippen molar-refractivity contribution in [2.24, 2.45) is 12.1 Å². The van der Waals surface area contributed by atoms with Gasteiger partial charge in [-0.15, -0.1) is 0 Å². The molecular formula is C19H16FN5S. The second kappa shape index (κ2) is 6.68. The number of aromatic amines is 1. The maximum atomic E-state index is 13.1. The van der Waals surface area contributed by atoms with Crippen molar-refractivity contribution in [2.45, 2.75) is 6.42 Å². The monoisotopic (exact) mass is 365 g/mol. The number of hydrogen-bond acceptors (Lipinski definition) is 3. The van der Waals surface area contributed by atoms with Gasteiger partial charge in [0.25, 0.3) is 0 Å². The number of halogens is 1. The molecule has 130 valence electrons. The quantitative estimate of drug-likeness (QED) is 0.438. The molecule has 2 aromatic carbocycles. The molecule has 0 amide bonds. The van der Waals surface area contributed by atoms with E-state index in [1.165, 1.54) is 12.1 Å². The topological polar surface area (TPSA) is 50.9 Å². The van der Waals surface area contributed by atoms with Crippen molar-refractivity contribution in [2.75, 3.05) is 0 Å². The molecule has 0 bridgehead atoms. The van der Waals surface area contributed by atoms with E-state index in [1.54, 1.807) is 23.0 Å². The molecule has 2 heterocycles. The number of benzene rings is 2. The number of aryl methyl sites for hydroxylation is 1. The lowest BCUT2D eigenvalue weighted by atomic mass is 10.1. The summed E-state index contributed by atoms with van der Waals surface area (Å²) >= 11 is 5.29. The largest absolute Gasteiger partial charge is 0.350 e. The number of hydrogen-bond donors (Lipinski definition) is 1. The summed E-state index contributed by atoms with van der Waals surface area (Å²) < 4.78 is 17.2. The van der Waals surface area contributed by atoms with Crippen molar-refractivity contribution >= 4 is 29.3 Å². The highest BCUT2D eigenvalue weighted by molar-refractivity contribution is 7.71. The average Bonchev–Trinajstić information content (AvgIpc) is 3.16. The molecule has 0 radical (unpaired) electrons. The lowest BCUT2D eigenvalue weighted by molar-refractivity contribution is 0.627. The molecule has 2 aromatic heterocycles. The summed E-state index contributed by atoms with van der Waals surface area (Å²) in [5, 5.41) is 12.7. The summed E-state index contributed by atoms with van der Waals surface area (Å²) in [5.41, 5.74) is 3.07. The van der Waals surface area contributed by atoms with Crippen LogP contribution in [0.4, 0.5) is 4.39 Å². The Morgan fingerprint density at radius 2 is 1.96 bits per heavy atom. The number of aromatic nitrogens is 4. The molecule has 0 unspecified atom stereocenters. The molecule has 0 aliphatic carbocycles. The van der Waals surface area contributed by atoms with Gasteiger partial charge in [0.15, 0.2) is 5.82 Å². The number of rotatable bonds is 4. The second-order valence-electron chi connectivity index (χ2n) is 6.02. The molecule has 0 saturated carbocycles. The standard InChI is InChI=1S/C19H16FN5S/c1-24-12-14(16-4-2-3-5-17(16)24)11-21-25-18(22-23-19(25)26)10-13-6-8-15(20)9-7-13/h2-9,11-12H,10H2,1H3,(H,23,26)/b21-11-. The van der Waals surface area contributed by atoms with Crippen LogP contribution in [0.25, 0.3) is 10.9 Å². The zero-order valence-electron chi connectivity index (χ0n) is 14.1. The van der Waals surface area contributed by atoms with Gasteiger partial charge in [-0.2, -0.15) is 14.9 Å². The highest BCUT2D eigenvalue weighted by atomic mass is 32.1. The van der Waals surface area contributed by atoms with Gasteiger partial charge in [0.05, 0.1) is 6.21 Å². The lowest BCUT2D eigenvalue weighted by Gasteiger charge is -2.01. The minimum Gasteiger partial charge on any atom is -0.350 e.